The van der Waals surface area contributed by atoms with Gasteiger partial charge < -0.3 is 16.2 Å². The lowest BCUT2D eigenvalue weighted by molar-refractivity contribution is -0.141. The number of hydrogen-bond acceptors (Lipinski definition) is 4. The zero-order valence-corrected chi connectivity index (χ0v) is 10.5. The monoisotopic (exact) mass is 248 g/mol. The van der Waals surface area contributed by atoms with Crippen LogP contribution < -0.4 is 11.1 Å². The molecule has 2 atom stereocenters. The first-order valence-electron chi connectivity index (χ1n) is 5.27. The van der Waals surface area contributed by atoms with Crippen LogP contribution in [-0.4, -0.2) is 41.1 Å². The first-order chi connectivity index (χ1) is 7.51. The highest BCUT2D eigenvalue weighted by Crippen LogP contribution is 2.02. The van der Waals surface area contributed by atoms with E-state index in [0.29, 0.717) is 18.6 Å². The maximum Gasteiger partial charge on any atom is 0.326 e. The molecule has 0 aliphatic rings. The quantitative estimate of drug-likeness (QED) is 0.579. The van der Waals surface area contributed by atoms with E-state index in [4.69, 9.17) is 10.8 Å². The number of hydrogen-bond donors (Lipinski definition) is 3. The molecule has 0 saturated heterocycles. The summed E-state index contributed by atoms with van der Waals surface area (Å²) < 4.78 is 0. The average Bonchev–Trinajstić information content (AvgIpc) is 2.23. The van der Waals surface area contributed by atoms with Gasteiger partial charge in [-0.05, 0) is 24.9 Å². The van der Waals surface area contributed by atoms with E-state index in [-0.39, 0.29) is 18.4 Å². The first kappa shape index (κ1) is 15.2. The van der Waals surface area contributed by atoms with Gasteiger partial charge >= 0.3 is 5.97 Å². The first-order valence-corrected chi connectivity index (χ1v) is 6.67. The zero-order chi connectivity index (χ0) is 12.6. The molecule has 1 unspecified atom stereocenters. The number of carbonyl (C=O) groups is 2. The van der Waals surface area contributed by atoms with Crippen LogP contribution in [0.3, 0.4) is 0 Å². The third kappa shape index (κ3) is 6.68. The van der Waals surface area contributed by atoms with Gasteiger partial charge in [-0.25, -0.2) is 4.79 Å². The molecule has 94 valence electrons. The van der Waals surface area contributed by atoms with Gasteiger partial charge in [-0.15, -0.1) is 0 Å². The van der Waals surface area contributed by atoms with Crippen molar-refractivity contribution in [3.05, 3.63) is 0 Å². The van der Waals surface area contributed by atoms with Crippen LogP contribution in [-0.2, 0) is 9.59 Å². The van der Waals surface area contributed by atoms with E-state index in [2.05, 4.69) is 5.32 Å². The lowest BCUT2D eigenvalue weighted by atomic mass is 10.1. The Morgan fingerprint density at radius 1 is 1.50 bits per heavy atom. The van der Waals surface area contributed by atoms with Crippen LogP contribution in [0, 0.1) is 0 Å². The molecule has 0 fully saturated rings. The van der Waals surface area contributed by atoms with E-state index in [1.54, 1.807) is 11.8 Å². The topological polar surface area (TPSA) is 92.4 Å². The molecular weight excluding hydrogens is 228 g/mol. The van der Waals surface area contributed by atoms with E-state index < -0.39 is 12.0 Å². The Hall–Kier alpha value is -0.750. The Bertz CT molecular complexity index is 236. The Morgan fingerprint density at radius 2 is 2.12 bits per heavy atom. The maximum atomic E-state index is 11.4. The Kier molecular flexibility index (Phi) is 8.01. The molecule has 0 spiro atoms. The van der Waals surface area contributed by atoms with Crippen LogP contribution in [0.25, 0.3) is 0 Å². The normalized spacial score (nSPS) is 14.2. The van der Waals surface area contributed by atoms with E-state index in [9.17, 15) is 9.59 Å². The minimum absolute atomic E-state index is 0.180. The van der Waals surface area contributed by atoms with Crippen molar-refractivity contribution in [1.29, 1.82) is 0 Å². The molecule has 0 bridgehead atoms. The minimum Gasteiger partial charge on any atom is -0.480 e. The van der Waals surface area contributed by atoms with Crippen molar-refractivity contribution in [3.8, 4) is 0 Å². The van der Waals surface area contributed by atoms with Crippen molar-refractivity contribution in [3.63, 3.8) is 0 Å². The largest absolute Gasteiger partial charge is 0.480 e. The molecule has 0 saturated carbocycles. The molecule has 0 radical (unpaired) electrons. The molecule has 5 nitrogen and oxygen atoms in total. The van der Waals surface area contributed by atoms with E-state index in [1.807, 2.05) is 13.2 Å². The number of carbonyl (C=O) groups excluding carboxylic acids is 1. The molecular formula is C10H20N2O3S. The van der Waals surface area contributed by atoms with Gasteiger partial charge in [0.15, 0.2) is 0 Å². The predicted molar refractivity (Wildman–Crippen MR) is 65.4 cm³/mol. The molecule has 6 heteroatoms. The fraction of sp³-hybridized carbons (Fsp3) is 0.800. The summed E-state index contributed by atoms with van der Waals surface area (Å²) in [6, 6.07) is -1.00. The summed E-state index contributed by atoms with van der Waals surface area (Å²) in [5.74, 6) is -0.577. The summed E-state index contributed by atoms with van der Waals surface area (Å²) >= 11 is 1.55. The second kappa shape index (κ2) is 8.41. The number of nitrogens with two attached hydrogens (primary N) is 1. The molecule has 4 N–H and O–H groups in total. The van der Waals surface area contributed by atoms with Gasteiger partial charge in [0.2, 0.25) is 5.91 Å². The minimum atomic E-state index is -0.993. The van der Waals surface area contributed by atoms with Crippen LogP contribution in [0.4, 0.5) is 0 Å². The van der Waals surface area contributed by atoms with Crippen molar-refractivity contribution in [2.75, 3.05) is 12.0 Å². The predicted octanol–water partition coefficient (Wildman–Crippen LogP) is 0.436. The molecule has 0 aliphatic heterocycles. The summed E-state index contributed by atoms with van der Waals surface area (Å²) in [5, 5.41) is 11.4. The molecule has 0 rings (SSSR count). The van der Waals surface area contributed by atoms with Gasteiger partial charge in [0, 0.05) is 12.5 Å². The van der Waals surface area contributed by atoms with Gasteiger partial charge in [0.05, 0.1) is 0 Å². The molecule has 0 aromatic heterocycles. The number of thioether (sulfide) groups is 1. The molecule has 0 aromatic rings. The molecule has 0 aromatic carbocycles. The third-order valence-electron chi connectivity index (χ3n) is 2.22. The summed E-state index contributed by atoms with van der Waals surface area (Å²) in [4.78, 5) is 22.3. The number of carboxylic acids is 1. The summed E-state index contributed by atoms with van der Waals surface area (Å²) in [6.07, 6.45) is 3.22. The molecule has 16 heavy (non-hydrogen) atoms. The molecule has 1 amide bonds. The Balaban J connectivity index is 4.07. The van der Waals surface area contributed by atoms with Crippen LogP contribution in [0.1, 0.15) is 26.2 Å². The van der Waals surface area contributed by atoms with Crippen molar-refractivity contribution >= 4 is 23.6 Å². The lowest BCUT2D eigenvalue weighted by Crippen LogP contribution is -2.43. The van der Waals surface area contributed by atoms with Gasteiger partial charge in [-0.1, -0.05) is 6.92 Å². The number of rotatable bonds is 8. The second-order valence-corrected chi connectivity index (χ2v) is 4.60. The standard InChI is InChI=1S/C10H20N2O3S/c1-3-7(11)6-9(13)12-8(10(14)15)4-5-16-2/h7-8H,3-6,11H2,1-2H3,(H,12,13)(H,14,15)/t7?,8-/m0/s1. The highest BCUT2D eigenvalue weighted by atomic mass is 32.2. The van der Waals surface area contributed by atoms with Gasteiger partial charge in [0.25, 0.3) is 0 Å². The van der Waals surface area contributed by atoms with Crippen molar-refractivity contribution in [1.82, 2.24) is 5.32 Å². The maximum absolute atomic E-state index is 11.4. The summed E-state index contributed by atoms with van der Waals surface area (Å²) in [5.41, 5.74) is 5.61. The second-order valence-electron chi connectivity index (χ2n) is 3.61. The van der Waals surface area contributed by atoms with Gasteiger partial charge in [-0.2, -0.15) is 11.8 Å². The van der Waals surface area contributed by atoms with Crippen molar-refractivity contribution < 1.29 is 14.7 Å². The molecule has 0 heterocycles. The number of amides is 1. The fourth-order valence-corrected chi connectivity index (χ4v) is 1.60. The molecule has 0 aliphatic carbocycles. The van der Waals surface area contributed by atoms with Crippen LogP contribution in [0.2, 0.25) is 0 Å². The SMILES string of the molecule is CCC(N)CC(=O)N[C@@H](CCSC)C(=O)O. The lowest BCUT2D eigenvalue weighted by Gasteiger charge is -2.15. The number of nitrogens with one attached hydrogen (secondary N) is 1. The van der Waals surface area contributed by atoms with Crippen molar-refractivity contribution in [2.24, 2.45) is 5.73 Å². The van der Waals surface area contributed by atoms with E-state index in [1.165, 1.54) is 0 Å². The van der Waals surface area contributed by atoms with Crippen LogP contribution >= 0.6 is 11.8 Å². The summed E-state index contributed by atoms with van der Waals surface area (Å²) in [7, 11) is 0. The Labute approximate surface area is 100 Å². The highest BCUT2D eigenvalue weighted by Gasteiger charge is 2.19. The Morgan fingerprint density at radius 3 is 2.56 bits per heavy atom. The number of carboxylic acid groups (broad SMARTS) is 1. The van der Waals surface area contributed by atoms with Gasteiger partial charge in [0.1, 0.15) is 6.04 Å². The van der Waals surface area contributed by atoms with E-state index >= 15 is 0 Å². The smallest absolute Gasteiger partial charge is 0.326 e. The van der Waals surface area contributed by atoms with Gasteiger partial charge in [-0.3, -0.25) is 4.79 Å². The van der Waals surface area contributed by atoms with Crippen molar-refractivity contribution in [2.45, 2.75) is 38.3 Å². The highest BCUT2D eigenvalue weighted by molar-refractivity contribution is 7.98. The number of aliphatic carboxylic acids is 1. The van der Waals surface area contributed by atoms with Crippen LogP contribution in [0.15, 0.2) is 0 Å². The third-order valence-corrected chi connectivity index (χ3v) is 2.86. The average molecular weight is 248 g/mol. The zero-order valence-electron chi connectivity index (χ0n) is 9.73. The van der Waals surface area contributed by atoms with Crippen LogP contribution in [0.5, 0.6) is 0 Å². The van der Waals surface area contributed by atoms with E-state index in [0.717, 1.165) is 0 Å². The fourth-order valence-electron chi connectivity index (χ4n) is 1.13. The summed E-state index contributed by atoms with van der Waals surface area (Å²) in [6.45, 7) is 1.89.